The highest BCUT2D eigenvalue weighted by Crippen LogP contribution is 2.31. The van der Waals surface area contributed by atoms with E-state index in [-0.39, 0.29) is 21.3 Å². The molecule has 3 fully saturated rings. The fraction of sp³-hybridized carbons (Fsp3) is 0.400. The van der Waals surface area contributed by atoms with Gasteiger partial charge in [0.2, 0.25) is 47.9 Å². The number of aryl methyl sites for hydroxylation is 3. The van der Waals surface area contributed by atoms with Crippen LogP contribution < -0.4 is 66.1 Å². The van der Waals surface area contributed by atoms with Crippen molar-refractivity contribution in [2.24, 2.45) is 0 Å². The zero-order valence-electron chi connectivity index (χ0n) is 65.9. The van der Waals surface area contributed by atoms with Crippen LogP contribution in [0.5, 0.6) is 0 Å². The average molecular weight is 1570 g/mol. The first kappa shape index (κ1) is 83.8. The second-order valence-corrected chi connectivity index (χ2v) is 35.9. The largest absolute Gasteiger partial charge is 0.395 e. The van der Waals surface area contributed by atoms with Gasteiger partial charge in [0.15, 0.2) is 0 Å². The van der Waals surface area contributed by atoms with Gasteiger partial charge in [0.05, 0.1) is 21.3 Å². The van der Waals surface area contributed by atoms with Gasteiger partial charge in [-0.25, -0.2) is 54.4 Å². The number of aromatic nitrogens is 6. The smallest absolute Gasteiger partial charge is 0.241 e. The average Bonchev–Trinajstić information content (AvgIpc) is 0.816. The Morgan fingerprint density at radius 1 is 0.378 bits per heavy atom. The molecule has 3 aliphatic heterocycles. The fourth-order valence-electron chi connectivity index (χ4n) is 12.4. The topological polar surface area (TPSA) is 336 Å². The monoisotopic (exact) mass is 1570 g/mol. The van der Waals surface area contributed by atoms with Gasteiger partial charge in [-0.2, -0.15) is 15.0 Å². The zero-order valence-corrected chi connectivity index (χ0v) is 68.4. The van der Waals surface area contributed by atoms with Gasteiger partial charge in [0, 0.05) is 188 Å². The Morgan fingerprint density at radius 3 is 1.04 bits per heavy atom. The van der Waals surface area contributed by atoms with Crippen molar-refractivity contribution in [3.8, 4) is 0 Å². The van der Waals surface area contributed by atoms with Gasteiger partial charge in [-0.15, -0.1) is 0 Å². The second-order valence-electron chi connectivity index (χ2n) is 30.8. The van der Waals surface area contributed by atoms with Crippen LogP contribution in [0.4, 0.5) is 86.5 Å². The first-order chi connectivity index (χ1) is 52.6. The number of aliphatic hydroxyl groups excluding tert-OH is 1. The molecular weight excluding hydrogens is 1460 g/mol. The van der Waals surface area contributed by atoms with Crippen LogP contribution in [0.25, 0.3) is 0 Å². The van der Waals surface area contributed by atoms with Crippen LogP contribution in [-0.4, -0.2) is 185 Å². The Balaban J connectivity index is 0.000000177. The quantitative estimate of drug-likeness (QED) is 0.0253. The molecule has 0 radical (unpaired) electrons. The number of hydrogen-bond donors (Lipinski definition) is 11. The summed E-state index contributed by atoms with van der Waals surface area (Å²) in [6, 6.07) is 44.7. The summed E-state index contributed by atoms with van der Waals surface area (Å²) < 4.78 is 84.6. The van der Waals surface area contributed by atoms with Crippen LogP contribution in [0.15, 0.2) is 179 Å². The number of anilines is 15. The van der Waals surface area contributed by atoms with Crippen molar-refractivity contribution in [3.63, 3.8) is 0 Å². The van der Waals surface area contributed by atoms with Crippen LogP contribution in [0.2, 0.25) is 0 Å². The number of sulfonamides is 3. The number of β-amino-alcohol motifs (C(OH)–C–C–N with tert-alkyl or cyclic N) is 1. The highest BCUT2D eigenvalue weighted by atomic mass is 32.2. The molecule has 3 aromatic heterocycles. The molecule has 3 saturated heterocycles. The van der Waals surface area contributed by atoms with E-state index in [0.717, 1.165) is 137 Å². The van der Waals surface area contributed by atoms with Gasteiger partial charge >= 0.3 is 0 Å². The number of aliphatic hydroxyl groups is 1. The van der Waals surface area contributed by atoms with E-state index in [0.29, 0.717) is 52.4 Å². The molecule has 0 unspecified atom stereocenters. The number of piperazine rings is 3. The van der Waals surface area contributed by atoms with Crippen LogP contribution in [0.3, 0.4) is 0 Å². The van der Waals surface area contributed by atoms with Crippen molar-refractivity contribution in [1.29, 1.82) is 0 Å². The number of nitrogens with one attached hydrogen (secondary N) is 10. The van der Waals surface area contributed by atoms with Crippen molar-refractivity contribution in [3.05, 3.63) is 181 Å². The molecule has 111 heavy (non-hydrogen) atoms. The van der Waals surface area contributed by atoms with E-state index in [2.05, 4.69) is 149 Å². The van der Waals surface area contributed by atoms with E-state index in [4.69, 9.17) is 5.11 Å². The highest BCUT2D eigenvalue weighted by molar-refractivity contribution is 7.90. The summed E-state index contributed by atoms with van der Waals surface area (Å²) in [5.41, 5.74) is 8.79. The van der Waals surface area contributed by atoms with Crippen LogP contribution in [-0.2, 0) is 30.1 Å². The third-order valence-corrected chi connectivity index (χ3v) is 23.0. The van der Waals surface area contributed by atoms with E-state index in [1.54, 1.807) is 100 Å². The number of hydrogen-bond acceptors (Lipinski definition) is 25. The first-order valence-electron chi connectivity index (χ1n) is 37.5. The van der Waals surface area contributed by atoms with Crippen molar-refractivity contribution >= 4 is 117 Å². The van der Waals surface area contributed by atoms with E-state index in [1.165, 1.54) is 12.1 Å². The fourth-order valence-corrected chi connectivity index (χ4v) is 16.8. The molecule has 0 bridgehead atoms. The summed E-state index contributed by atoms with van der Waals surface area (Å²) in [4.78, 5) is 39.6. The van der Waals surface area contributed by atoms with Crippen molar-refractivity contribution in [2.45, 2.75) is 128 Å². The molecule has 594 valence electrons. The maximum absolute atomic E-state index is 12.8. The molecule has 6 aromatic carbocycles. The summed E-state index contributed by atoms with van der Waals surface area (Å²) in [6.07, 6.45) is 6.39. The number of nitrogens with zero attached hydrogens (tertiary/aromatic N) is 11. The molecule has 0 spiro atoms. The summed E-state index contributed by atoms with van der Waals surface area (Å²) in [6.45, 7) is 38.1. The highest BCUT2D eigenvalue weighted by Gasteiger charge is 2.27. The second kappa shape index (κ2) is 37.1. The maximum Gasteiger partial charge on any atom is 0.241 e. The number of benzene rings is 6. The maximum atomic E-state index is 12.8. The third kappa shape index (κ3) is 25.4. The summed E-state index contributed by atoms with van der Waals surface area (Å²) in [5.74, 6) is 3.12. The lowest BCUT2D eigenvalue weighted by Crippen LogP contribution is -2.47. The van der Waals surface area contributed by atoms with E-state index >= 15 is 0 Å². The molecule has 11 N–H and O–H groups in total. The normalized spacial score (nSPS) is 14.8. The Hall–Kier alpha value is -9.67. The van der Waals surface area contributed by atoms with Crippen LogP contribution >= 0.6 is 0 Å². The van der Waals surface area contributed by atoms with E-state index in [9.17, 15) is 25.3 Å². The van der Waals surface area contributed by atoms with Gasteiger partial charge in [-0.1, -0.05) is 37.3 Å². The lowest BCUT2D eigenvalue weighted by atomic mass is 10.1. The minimum Gasteiger partial charge on any atom is -0.395 e. The molecule has 28 nitrogen and oxygen atoms in total. The summed E-state index contributed by atoms with van der Waals surface area (Å²) >= 11 is 0. The van der Waals surface area contributed by atoms with Gasteiger partial charge < -0.3 is 57.0 Å². The first-order valence-corrected chi connectivity index (χ1v) is 42.0. The van der Waals surface area contributed by atoms with Gasteiger partial charge in [-0.3, -0.25) is 9.80 Å². The standard InChI is InChI=1S/C28H39N7O2S.C27H37N7O3S.C25H33N7O2S/c1-6-13-34-14-16-35(17-15-34)24-11-7-9-22(18-24)31-27-29-20-21(2)26(32-27)30-23-10-8-12-25(19-23)38(36,37)33-28(3,4)5;1-20-19-28-26(30-21-8-10-23(11-9-21)34-14-12-33(13-15-34)16-17-35)31-25(20)29-22-6-5-7-24(18-22)38(36,37)32-27(2,3)4;1-18-17-27-24(29-19-7-5-9-21(15-19)32-13-11-26-12-14-32)30-23(18)28-20-8-6-10-22(16-20)35(33,34)31-25(2,3)4/h7-12,18-20,33H,6,13-17H2,1-5H3,(H2,29,30,31,32);5-11,18-19,32,35H,12-17H2,1-4H3,(H2,28,29,30,31);5-10,15-17,26,31H,11-14H2,1-4H3,(H2,27,28,29,30). The molecular formula is C80H109N21O7S3. The Bertz CT molecular complexity index is 4940. The van der Waals surface area contributed by atoms with Crippen molar-refractivity contribution in [1.82, 2.24) is 59.2 Å². The predicted octanol–water partition coefficient (Wildman–Crippen LogP) is 12.1. The van der Waals surface area contributed by atoms with Gasteiger partial charge in [-0.05, 0) is 211 Å². The molecule has 31 heteroatoms. The lowest BCUT2D eigenvalue weighted by molar-refractivity contribution is 0.189. The van der Waals surface area contributed by atoms with Gasteiger partial charge in [0.1, 0.15) is 17.5 Å². The molecule has 0 atom stereocenters. The molecule has 0 aliphatic carbocycles. The molecule has 3 aliphatic rings. The molecule has 0 amide bonds. The Morgan fingerprint density at radius 2 is 0.694 bits per heavy atom. The van der Waals surface area contributed by atoms with E-state index < -0.39 is 46.7 Å². The summed E-state index contributed by atoms with van der Waals surface area (Å²) in [7, 11) is -11.0. The minimum atomic E-state index is -3.66. The molecule has 6 heterocycles. The third-order valence-electron chi connectivity index (χ3n) is 17.7. The Labute approximate surface area is 655 Å². The zero-order chi connectivity index (χ0) is 79.7. The van der Waals surface area contributed by atoms with Crippen LogP contribution in [0.1, 0.15) is 92.3 Å². The van der Waals surface area contributed by atoms with Gasteiger partial charge in [0.25, 0.3) is 0 Å². The van der Waals surface area contributed by atoms with E-state index in [1.807, 2.05) is 111 Å². The SMILES string of the molecule is CCCN1CCN(c2cccc(Nc3ncc(C)c(Nc4cccc(S(=O)(=O)NC(C)(C)C)c4)n3)c2)CC1.Cc1cnc(Nc2ccc(N3CCN(CCO)CC3)cc2)nc1Nc1cccc(S(=O)(=O)NC(C)(C)C)c1.Cc1cnc(Nc2cccc(N3CCNCC3)c2)nc1Nc1cccc(S(=O)(=O)NC(C)(C)C)c1. The van der Waals surface area contributed by atoms with Crippen LogP contribution in [0, 0.1) is 20.8 Å². The predicted molar refractivity (Wildman–Crippen MR) is 449 cm³/mol. The van der Waals surface area contributed by atoms with Crippen molar-refractivity contribution < 1.29 is 30.4 Å². The molecule has 0 saturated carbocycles. The number of rotatable bonds is 25. The lowest BCUT2D eigenvalue weighted by Gasteiger charge is -2.36. The molecule has 12 rings (SSSR count). The Kier molecular flexibility index (Phi) is 28.0. The summed E-state index contributed by atoms with van der Waals surface area (Å²) in [5, 5.41) is 32.1. The minimum absolute atomic E-state index is 0.178. The molecule has 9 aromatic rings. The van der Waals surface area contributed by atoms with Crippen molar-refractivity contribution in [2.75, 3.05) is 145 Å².